The van der Waals surface area contributed by atoms with Crippen LogP contribution in [0.5, 0.6) is 11.5 Å². The van der Waals surface area contributed by atoms with Crippen molar-refractivity contribution in [2.75, 3.05) is 19.8 Å². The van der Waals surface area contributed by atoms with E-state index in [1.165, 1.54) is 0 Å². The molecule has 0 radical (unpaired) electrons. The van der Waals surface area contributed by atoms with Crippen molar-refractivity contribution in [1.82, 2.24) is 10.3 Å². The van der Waals surface area contributed by atoms with Gasteiger partial charge in [-0.1, -0.05) is 11.6 Å². The van der Waals surface area contributed by atoms with E-state index < -0.39 is 0 Å². The normalized spacial score (nSPS) is 13.4. The molecular weight excluding hydrogens is 296 g/mol. The molecule has 0 fully saturated rings. The van der Waals surface area contributed by atoms with Crippen LogP contribution in [0, 0.1) is 0 Å². The summed E-state index contributed by atoms with van der Waals surface area (Å²) in [6.07, 6.45) is 0.889. The molecular formula is C14H15ClN2O2S. The van der Waals surface area contributed by atoms with Gasteiger partial charge in [-0.25, -0.2) is 4.98 Å². The van der Waals surface area contributed by atoms with Gasteiger partial charge in [-0.3, -0.25) is 0 Å². The summed E-state index contributed by atoms with van der Waals surface area (Å²) in [6.45, 7) is 2.80. The van der Waals surface area contributed by atoms with Gasteiger partial charge in [0.25, 0.3) is 0 Å². The number of fused-ring (bicyclic) bond motifs is 1. The smallest absolute Gasteiger partial charge is 0.179 e. The molecule has 0 aliphatic carbocycles. The maximum atomic E-state index is 6.21. The van der Waals surface area contributed by atoms with Gasteiger partial charge in [0.05, 0.1) is 16.2 Å². The first kappa shape index (κ1) is 13.7. The molecule has 1 aliphatic heterocycles. The van der Waals surface area contributed by atoms with E-state index in [2.05, 4.69) is 10.3 Å². The van der Waals surface area contributed by atoms with Crippen molar-refractivity contribution >= 4 is 22.9 Å². The third kappa shape index (κ3) is 3.23. The van der Waals surface area contributed by atoms with E-state index in [-0.39, 0.29) is 0 Å². The number of benzene rings is 1. The van der Waals surface area contributed by atoms with Crippen molar-refractivity contribution in [3.8, 4) is 11.5 Å². The molecule has 0 saturated carbocycles. The molecule has 1 aromatic heterocycles. The molecule has 0 atom stereocenters. The number of ether oxygens (including phenoxy) is 2. The fraction of sp³-hybridized carbons (Fsp3) is 0.357. The Morgan fingerprint density at radius 2 is 2.20 bits per heavy atom. The Labute approximate surface area is 126 Å². The number of hydrogen-bond acceptors (Lipinski definition) is 5. The molecule has 0 spiro atoms. The van der Waals surface area contributed by atoms with Gasteiger partial charge >= 0.3 is 0 Å². The van der Waals surface area contributed by atoms with Crippen LogP contribution in [0.25, 0.3) is 0 Å². The summed E-state index contributed by atoms with van der Waals surface area (Å²) in [7, 11) is 0. The minimum absolute atomic E-state index is 0.557. The number of rotatable bonds is 5. The summed E-state index contributed by atoms with van der Waals surface area (Å²) in [4.78, 5) is 4.23. The molecule has 106 valence electrons. The van der Waals surface area contributed by atoms with Crippen LogP contribution in [0.3, 0.4) is 0 Å². The Morgan fingerprint density at radius 1 is 1.30 bits per heavy atom. The van der Waals surface area contributed by atoms with Crippen LogP contribution >= 0.6 is 22.9 Å². The molecule has 1 aromatic carbocycles. The molecule has 0 saturated heterocycles. The van der Waals surface area contributed by atoms with Crippen LogP contribution in [-0.4, -0.2) is 24.7 Å². The summed E-state index contributed by atoms with van der Waals surface area (Å²) >= 11 is 7.82. The van der Waals surface area contributed by atoms with Gasteiger partial charge in [0.1, 0.15) is 13.2 Å². The number of thiazole rings is 1. The Balaban J connectivity index is 1.56. The highest BCUT2D eigenvalue weighted by Crippen LogP contribution is 2.38. The maximum Gasteiger partial charge on any atom is 0.179 e. The highest BCUT2D eigenvalue weighted by atomic mass is 35.5. The summed E-state index contributed by atoms with van der Waals surface area (Å²) in [5.74, 6) is 1.41. The van der Waals surface area contributed by atoms with Gasteiger partial charge in [-0.15, -0.1) is 11.3 Å². The first-order chi connectivity index (χ1) is 9.83. The van der Waals surface area contributed by atoms with E-state index in [1.54, 1.807) is 11.3 Å². The van der Waals surface area contributed by atoms with E-state index >= 15 is 0 Å². The van der Waals surface area contributed by atoms with Crippen molar-refractivity contribution in [2.24, 2.45) is 0 Å². The second kappa shape index (κ2) is 6.43. The molecule has 2 aromatic rings. The molecule has 4 nitrogen and oxygen atoms in total. The number of aromatic nitrogens is 1. The first-order valence-corrected chi connectivity index (χ1v) is 7.81. The van der Waals surface area contributed by atoms with Crippen LogP contribution in [0.4, 0.5) is 0 Å². The molecule has 3 rings (SSSR count). The standard InChI is InChI=1S/C14H15ClN2O2S/c15-12-5-10(6-13-14(12)19-4-3-18-13)1-2-16-7-11-8-20-9-17-11/h5-6,8-9,16H,1-4,7H2. The second-order valence-corrected chi connectivity index (χ2v) is 5.63. The van der Waals surface area contributed by atoms with E-state index in [4.69, 9.17) is 21.1 Å². The molecule has 0 unspecified atom stereocenters. The Hall–Kier alpha value is -1.30. The van der Waals surface area contributed by atoms with Gasteiger partial charge in [-0.05, 0) is 30.7 Å². The van der Waals surface area contributed by atoms with Crippen molar-refractivity contribution in [2.45, 2.75) is 13.0 Å². The number of halogens is 1. The van der Waals surface area contributed by atoms with Crippen LogP contribution in [0.2, 0.25) is 5.02 Å². The molecule has 6 heteroatoms. The average Bonchev–Trinajstić information content (AvgIpc) is 2.97. The molecule has 1 aliphatic rings. The predicted octanol–water partition coefficient (Wildman–Crippen LogP) is 2.90. The van der Waals surface area contributed by atoms with Crippen LogP contribution in [-0.2, 0) is 13.0 Å². The Bertz CT molecular complexity index is 575. The number of hydrogen-bond donors (Lipinski definition) is 1. The minimum atomic E-state index is 0.557. The van der Waals surface area contributed by atoms with Crippen molar-refractivity contribution in [3.63, 3.8) is 0 Å². The summed E-state index contributed by atoms with van der Waals surface area (Å²) in [5, 5.41) is 6.04. The topological polar surface area (TPSA) is 43.4 Å². The van der Waals surface area contributed by atoms with E-state index in [1.807, 2.05) is 23.0 Å². The Kier molecular flexibility index (Phi) is 4.40. The maximum absolute atomic E-state index is 6.21. The molecule has 0 bridgehead atoms. The van der Waals surface area contributed by atoms with Crippen LogP contribution in [0.1, 0.15) is 11.3 Å². The second-order valence-electron chi connectivity index (χ2n) is 4.51. The van der Waals surface area contributed by atoms with Gasteiger partial charge in [-0.2, -0.15) is 0 Å². The van der Waals surface area contributed by atoms with Crippen molar-refractivity contribution in [3.05, 3.63) is 39.3 Å². The lowest BCUT2D eigenvalue weighted by Crippen LogP contribution is -2.18. The van der Waals surface area contributed by atoms with Gasteiger partial charge < -0.3 is 14.8 Å². The average molecular weight is 311 g/mol. The fourth-order valence-corrected chi connectivity index (χ4v) is 2.93. The molecule has 2 heterocycles. The first-order valence-electron chi connectivity index (χ1n) is 6.49. The van der Waals surface area contributed by atoms with Crippen LogP contribution < -0.4 is 14.8 Å². The zero-order valence-electron chi connectivity index (χ0n) is 10.9. The van der Waals surface area contributed by atoms with E-state index in [0.29, 0.717) is 24.0 Å². The lowest BCUT2D eigenvalue weighted by molar-refractivity contribution is 0.171. The summed E-state index contributed by atoms with van der Waals surface area (Å²) in [5.41, 5.74) is 4.07. The highest BCUT2D eigenvalue weighted by Gasteiger charge is 2.16. The third-order valence-electron chi connectivity index (χ3n) is 3.04. The van der Waals surface area contributed by atoms with Crippen molar-refractivity contribution < 1.29 is 9.47 Å². The SMILES string of the molecule is Clc1cc(CCNCc2cscn2)cc2c1OCCO2. The molecule has 1 N–H and O–H groups in total. The lowest BCUT2D eigenvalue weighted by atomic mass is 10.1. The summed E-state index contributed by atoms with van der Waals surface area (Å²) < 4.78 is 11.1. The van der Waals surface area contributed by atoms with Gasteiger partial charge in [0.2, 0.25) is 0 Å². The van der Waals surface area contributed by atoms with Gasteiger partial charge in [0, 0.05) is 11.9 Å². The molecule has 20 heavy (non-hydrogen) atoms. The fourth-order valence-electron chi connectivity index (χ4n) is 2.08. The largest absolute Gasteiger partial charge is 0.486 e. The third-order valence-corrected chi connectivity index (χ3v) is 3.95. The molecule has 0 amide bonds. The number of nitrogens with zero attached hydrogens (tertiary/aromatic N) is 1. The van der Waals surface area contributed by atoms with Gasteiger partial charge in [0.15, 0.2) is 11.5 Å². The van der Waals surface area contributed by atoms with E-state index in [9.17, 15) is 0 Å². The summed E-state index contributed by atoms with van der Waals surface area (Å²) in [6, 6.07) is 3.95. The minimum Gasteiger partial charge on any atom is -0.486 e. The van der Waals surface area contributed by atoms with Crippen LogP contribution in [0.15, 0.2) is 23.0 Å². The predicted molar refractivity (Wildman–Crippen MR) is 80.0 cm³/mol. The quantitative estimate of drug-likeness (QED) is 0.862. The number of nitrogens with one attached hydrogen (secondary N) is 1. The van der Waals surface area contributed by atoms with Crippen molar-refractivity contribution in [1.29, 1.82) is 0 Å². The zero-order valence-corrected chi connectivity index (χ0v) is 12.5. The Morgan fingerprint density at radius 3 is 3.05 bits per heavy atom. The lowest BCUT2D eigenvalue weighted by Gasteiger charge is -2.20. The highest BCUT2D eigenvalue weighted by molar-refractivity contribution is 7.07. The monoisotopic (exact) mass is 310 g/mol. The van der Waals surface area contributed by atoms with E-state index in [0.717, 1.165) is 36.5 Å². The zero-order chi connectivity index (χ0) is 13.8.